The fraction of sp³-hybridized carbons (Fsp3) is 0. The Kier molecular flexibility index (Phi) is 3.29. The van der Waals surface area contributed by atoms with Gasteiger partial charge in [0, 0.05) is 28.5 Å². The number of fused-ring (bicyclic) bond motifs is 2. The highest BCUT2D eigenvalue weighted by Crippen LogP contribution is 2.36. The summed E-state index contributed by atoms with van der Waals surface area (Å²) in [5.41, 5.74) is 11.8. The van der Waals surface area contributed by atoms with Gasteiger partial charge in [-0.25, -0.2) is 0 Å². The van der Waals surface area contributed by atoms with Gasteiger partial charge in [-0.05, 0) is 52.7 Å². The van der Waals surface area contributed by atoms with Crippen LogP contribution < -0.4 is 5.73 Å². The van der Waals surface area contributed by atoms with Gasteiger partial charge in [-0.1, -0.05) is 54.6 Å². The zero-order chi connectivity index (χ0) is 17.5. The highest BCUT2D eigenvalue weighted by Gasteiger charge is 2.12. The van der Waals surface area contributed by atoms with Crippen LogP contribution in [0.25, 0.3) is 38.5 Å². The fourth-order valence-corrected chi connectivity index (χ4v) is 3.71. The van der Waals surface area contributed by atoms with E-state index < -0.39 is 0 Å². The van der Waals surface area contributed by atoms with Crippen LogP contribution >= 0.6 is 0 Å². The third kappa shape index (κ3) is 2.27. The molecule has 0 bridgehead atoms. The van der Waals surface area contributed by atoms with Gasteiger partial charge >= 0.3 is 0 Å². The molecule has 0 saturated heterocycles. The number of nitrogens with zero attached hydrogens (tertiary/aromatic N) is 1. The standard InChI is InChI=1S/C24H18N2/c25-22-12-13-23-21(14-15-26(23)20-8-2-1-3-9-20)24(22)19-11-10-17-6-4-5-7-18(17)16-19/h1-16H,25H2. The second kappa shape index (κ2) is 5.78. The summed E-state index contributed by atoms with van der Waals surface area (Å²) in [4.78, 5) is 0. The van der Waals surface area contributed by atoms with Crippen LogP contribution in [-0.4, -0.2) is 4.57 Å². The minimum atomic E-state index is 0.804. The van der Waals surface area contributed by atoms with Gasteiger partial charge in [0.25, 0.3) is 0 Å². The maximum Gasteiger partial charge on any atom is 0.0536 e. The molecule has 0 radical (unpaired) electrons. The van der Waals surface area contributed by atoms with Crippen LogP contribution in [0.1, 0.15) is 0 Å². The Hall–Kier alpha value is -3.52. The summed E-state index contributed by atoms with van der Waals surface area (Å²) in [5, 5.41) is 3.64. The average Bonchev–Trinajstić information content (AvgIpc) is 3.12. The molecule has 2 N–H and O–H groups in total. The Morgan fingerprint density at radius 2 is 1.42 bits per heavy atom. The molecular weight excluding hydrogens is 316 g/mol. The van der Waals surface area contributed by atoms with E-state index in [-0.39, 0.29) is 0 Å². The first kappa shape index (κ1) is 14.8. The number of nitrogens with two attached hydrogens (primary N) is 1. The molecule has 0 atom stereocenters. The van der Waals surface area contributed by atoms with E-state index in [1.54, 1.807) is 0 Å². The molecule has 5 aromatic rings. The quantitative estimate of drug-likeness (QED) is 0.392. The Morgan fingerprint density at radius 3 is 2.27 bits per heavy atom. The molecule has 0 unspecified atom stereocenters. The number of hydrogen-bond acceptors (Lipinski definition) is 1. The summed E-state index contributed by atoms with van der Waals surface area (Å²) in [6, 6.07) is 31.6. The van der Waals surface area contributed by atoms with E-state index in [0.29, 0.717) is 0 Å². The van der Waals surface area contributed by atoms with E-state index in [1.807, 2.05) is 12.1 Å². The van der Waals surface area contributed by atoms with Crippen molar-refractivity contribution in [2.24, 2.45) is 0 Å². The Bertz CT molecular complexity index is 1230. The molecule has 124 valence electrons. The molecule has 26 heavy (non-hydrogen) atoms. The van der Waals surface area contributed by atoms with Crippen molar-refractivity contribution in [2.45, 2.75) is 0 Å². The van der Waals surface area contributed by atoms with Gasteiger partial charge in [-0.15, -0.1) is 0 Å². The van der Waals surface area contributed by atoms with Crippen LogP contribution in [0.15, 0.2) is 97.2 Å². The van der Waals surface area contributed by atoms with Crippen LogP contribution in [0.2, 0.25) is 0 Å². The number of aromatic nitrogens is 1. The van der Waals surface area contributed by atoms with E-state index in [0.717, 1.165) is 28.0 Å². The van der Waals surface area contributed by atoms with E-state index >= 15 is 0 Å². The zero-order valence-corrected chi connectivity index (χ0v) is 14.3. The van der Waals surface area contributed by atoms with Crippen LogP contribution in [0.5, 0.6) is 0 Å². The smallest absolute Gasteiger partial charge is 0.0536 e. The van der Waals surface area contributed by atoms with Crippen molar-refractivity contribution in [3.05, 3.63) is 97.2 Å². The fourth-order valence-electron chi connectivity index (χ4n) is 3.71. The van der Waals surface area contributed by atoms with E-state index in [9.17, 15) is 0 Å². The molecule has 1 aromatic heterocycles. The SMILES string of the molecule is Nc1ccc2c(ccn2-c2ccccc2)c1-c1ccc2ccccc2c1. The van der Waals surface area contributed by atoms with Gasteiger partial charge in [-0.2, -0.15) is 0 Å². The zero-order valence-electron chi connectivity index (χ0n) is 14.3. The monoisotopic (exact) mass is 334 g/mol. The van der Waals surface area contributed by atoms with E-state index in [4.69, 9.17) is 5.73 Å². The van der Waals surface area contributed by atoms with Crippen LogP contribution in [0.3, 0.4) is 0 Å². The Morgan fingerprint density at radius 1 is 0.654 bits per heavy atom. The second-order valence-electron chi connectivity index (χ2n) is 6.55. The van der Waals surface area contributed by atoms with Crippen molar-refractivity contribution in [1.82, 2.24) is 4.57 Å². The minimum absolute atomic E-state index is 0.804. The topological polar surface area (TPSA) is 30.9 Å². The lowest BCUT2D eigenvalue weighted by atomic mass is 9.97. The van der Waals surface area contributed by atoms with Gasteiger partial charge in [0.1, 0.15) is 0 Å². The molecule has 2 nitrogen and oxygen atoms in total. The predicted molar refractivity (Wildman–Crippen MR) is 111 cm³/mol. The molecule has 4 aromatic carbocycles. The molecule has 0 aliphatic heterocycles. The molecule has 0 fully saturated rings. The largest absolute Gasteiger partial charge is 0.398 e. The van der Waals surface area contributed by atoms with Crippen molar-refractivity contribution in [3.63, 3.8) is 0 Å². The highest BCUT2D eigenvalue weighted by atomic mass is 15.0. The molecule has 0 saturated carbocycles. The average molecular weight is 334 g/mol. The van der Waals surface area contributed by atoms with Crippen molar-refractivity contribution >= 4 is 27.4 Å². The summed E-state index contributed by atoms with van der Waals surface area (Å²) < 4.78 is 2.21. The molecule has 2 heteroatoms. The van der Waals surface area contributed by atoms with Gasteiger partial charge in [-0.3, -0.25) is 0 Å². The predicted octanol–water partition coefficient (Wildman–Crippen LogP) is 6.03. The van der Waals surface area contributed by atoms with E-state index in [1.165, 1.54) is 16.2 Å². The first-order chi connectivity index (χ1) is 12.8. The van der Waals surface area contributed by atoms with Crippen molar-refractivity contribution in [2.75, 3.05) is 5.73 Å². The van der Waals surface area contributed by atoms with Gasteiger partial charge in [0.05, 0.1) is 5.52 Å². The summed E-state index contributed by atoms with van der Waals surface area (Å²) in [6.07, 6.45) is 2.12. The first-order valence-corrected chi connectivity index (χ1v) is 8.75. The minimum Gasteiger partial charge on any atom is -0.398 e. The van der Waals surface area contributed by atoms with Crippen LogP contribution in [0, 0.1) is 0 Å². The molecule has 5 rings (SSSR count). The van der Waals surface area contributed by atoms with Crippen molar-refractivity contribution in [3.8, 4) is 16.8 Å². The van der Waals surface area contributed by atoms with Gasteiger partial charge < -0.3 is 10.3 Å². The Labute approximate surface area is 152 Å². The number of benzene rings is 4. The summed E-state index contributed by atoms with van der Waals surface area (Å²) in [7, 11) is 0. The normalized spacial score (nSPS) is 11.2. The molecule has 0 aliphatic rings. The maximum absolute atomic E-state index is 6.40. The second-order valence-corrected chi connectivity index (χ2v) is 6.55. The molecule has 1 heterocycles. The summed E-state index contributed by atoms with van der Waals surface area (Å²) in [6.45, 7) is 0. The lowest BCUT2D eigenvalue weighted by Gasteiger charge is -2.11. The van der Waals surface area contributed by atoms with Crippen molar-refractivity contribution in [1.29, 1.82) is 0 Å². The highest BCUT2D eigenvalue weighted by molar-refractivity contribution is 6.03. The molecule has 0 amide bonds. The summed E-state index contributed by atoms with van der Waals surface area (Å²) >= 11 is 0. The summed E-state index contributed by atoms with van der Waals surface area (Å²) in [5.74, 6) is 0. The maximum atomic E-state index is 6.40. The molecular formula is C24H18N2. The molecule has 0 spiro atoms. The van der Waals surface area contributed by atoms with Crippen LogP contribution in [0.4, 0.5) is 5.69 Å². The number of nitrogen functional groups attached to an aromatic ring is 1. The number of anilines is 1. The van der Waals surface area contributed by atoms with Gasteiger partial charge in [0.15, 0.2) is 0 Å². The van der Waals surface area contributed by atoms with E-state index in [2.05, 4.69) is 89.6 Å². The third-order valence-electron chi connectivity index (χ3n) is 4.98. The first-order valence-electron chi connectivity index (χ1n) is 8.75. The number of para-hydroxylation sites is 1. The number of rotatable bonds is 2. The third-order valence-corrected chi connectivity index (χ3v) is 4.98. The van der Waals surface area contributed by atoms with Crippen LogP contribution in [-0.2, 0) is 0 Å². The van der Waals surface area contributed by atoms with Crippen molar-refractivity contribution < 1.29 is 0 Å². The lowest BCUT2D eigenvalue weighted by Crippen LogP contribution is -1.94. The van der Waals surface area contributed by atoms with Gasteiger partial charge in [0.2, 0.25) is 0 Å². The number of hydrogen-bond donors (Lipinski definition) is 1. The lowest BCUT2D eigenvalue weighted by molar-refractivity contribution is 1.13. The molecule has 0 aliphatic carbocycles. The Balaban J connectivity index is 1.77.